The minimum Gasteiger partial charge on any atom is -0.333 e. The molecule has 0 fully saturated rings. The van der Waals surface area contributed by atoms with E-state index in [1.807, 2.05) is 21.4 Å². The van der Waals surface area contributed by atoms with Crippen molar-refractivity contribution < 1.29 is 0 Å². The van der Waals surface area contributed by atoms with E-state index < -0.39 is 0 Å². The first kappa shape index (κ1) is 9.46. The molecule has 0 radical (unpaired) electrons. The molecular formula is C10H11N5. The van der Waals surface area contributed by atoms with Crippen LogP contribution in [0.5, 0.6) is 0 Å². The minimum absolute atomic E-state index is 0.429. The van der Waals surface area contributed by atoms with Gasteiger partial charge in [-0.25, -0.2) is 9.97 Å². The van der Waals surface area contributed by atoms with Crippen LogP contribution in [0.3, 0.4) is 0 Å². The quantitative estimate of drug-likeness (QED) is 0.744. The molecule has 0 bridgehead atoms. The third-order valence-corrected chi connectivity index (χ3v) is 2.29. The molecule has 0 spiro atoms. The zero-order valence-electron chi connectivity index (χ0n) is 8.46. The van der Waals surface area contributed by atoms with Crippen molar-refractivity contribution in [3.8, 4) is 6.07 Å². The highest BCUT2D eigenvalue weighted by atomic mass is 15.1. The molecule has 5 nitrogen and oxygen atoms in total. The first-order valence-electron chi connectivity index (χ1n) is 4.75. The van der Waals surface area contributed by atoms with Gasteiger partial charge in [-0.15, -0.1) is 0 Å². The number of aryl methyl sites for hydroxylation is 1. The van der Waals surface area contributed by atoms with Gasteiger partial charge in [0.1, 0.15) is 6.07 Å². The van der Waals surface area contributed by atoms with Crippen molar-refractivity contribution in [2.75, 3.05) is 0 Å². The van der Waals surface area contributed by atoms with Crippen LogP contribution in [0.2, 0.25) is 0 Å². The number of nitriles is 1. The summed E-state index contributed by atoms with van der Waals surface area (Å²) in [6, 6.07) is 2.05. The fourth-order valence-electron chi connectivity index (χ4n) is 1.49. The lowest BCUT2D eigenvalue weighted by Gasteiger charge is -2.06. The van der Waals surface area contributed by atoms with Crippen molar-refractivity contribution in [3.63, 3.8) is 0 Å². The minimum atomic E-state index is 0.429. The molecule has 0 aromatic carbocycles. The fourth-order valence-corrected chi connectivity index (χ4v) is 1.49. The molecule has 2 aromatic heterocycles. The van der Waals surface area contributed by atoms with Crippen LogP contribution in [0.1, 0.15) is 18.4 Å². The third-order valence-electron chi connectivity index (χ3n) is 2.29. The molecule has 0 unspecified atom stereocenters. The van der Waals surface area contributed by atoms with Crippen LogP contribution in [0.4, 0.5) is 0 Å². The van der Waals surface area contributed by atoms with Gasteiger partial charge in [-0.05, 0) is 6.92 Å². The molecule has 5 heteroatoms. The van der Waals surface area contributed by atoms with Crippen molar-refractivity contribution in [1.29, 1.82) is 5.26 Å². The average Bonchev–Trinajstić information content (AvgIpc) is 2.87. The number of hydrogen-bond donors (Lipinski definition) is 0. The number of aromatic nitrogens is 4. The number of nitrogens with zero attached hydrogens (tertiary/aromatic N) is 5. The Kier molecular flexibility index (Phi) is 2.50. The monoisotopic (exact) mass is 201 g/mol. The Morgan fingerprint density at radius 3 is 3.07 bits per heavy atom. The van der Waals surface area contributed by atoms with E-state index in [-0.39, 0.29) is 0 Å². The molecule has 0 aliphatic rings. The summed E-state index contributed by atoms with van der Waals surface area (Å²) in [5.74, 6) is 0.429. The van der Waals surface area contributed by atoms with Gasteiger partial charge in [0.25, 0.3) is 0 Å². The summed E-state index contributed by atoms with van der Waals surface area (Å²) in [6.07, 6.45) is 7.03. The molecule has 0 N–H and O–H groups in total. The molecule has 0 saturated carbocycles. The van der Waals surface area contributed by atoms with Crippen molar-refractivity contribution in [1.82, 2.24) is 19.1 Å². The normalized spacial score (nSPS) is 10.1. The second-order valence-electron chi connectivity index (χ2n) is 3.16. The Labute approximate surface area is 87.6 Å². The standard InChI is InChI=1S/C10H11N5/c1-2-14-8-12-6-9(14)7-15-4-3-13-10(15)5-11/h3-4,6,8H,2,7H2,1H3. The second kappa shape index (κ2) is 3.96. The zero-order valence-corrected chi connectivity index (χ0v) is 8.46. The van der Waals surface area contributed by atoms with Gasteiger partial charge in [-0.1, -0.05) is 0 Å². The SMILES string of the molecule is CCn1cncc1Cn1ccnc1C#N. The molecule has 2 heterocycles. The predicted molar refractivity (Wildman–Crippen MR) is 53.9 cm³/mol. The van der Waals surface area contributed by atoms with E-state index in [0.717, 1.165) is 12.2 Å². The Hall–Kier alpha value is -2.09. The molecule has 2 rings (SSSR count). The van der Waals surface area contributed by atoms with E-state index in [9.17, 15) is 0 Å². The lowest BCUT2D eigenvalue weighted by atomic mass is 10.4. The van der Waals surface area contributed by atoms with Crippen molar-refractivity contribution >= 4 is 0 Å². The van der Waals surface area contributed by atoms with Crippen LogP contribution in [-0.2, 0) is 13.1 Å². The van der Waals surface area contributed by atoms with Crippen LogP contribution in [0.15, 0.2) is 24.9 Å². The summed E-state index contributed by atoms with van der Waals surface area (Å²) in [7, 11) is 0. The molecule has 76 valence electrons. The van der Waals surface area contributed by atoms with Crippen molar-refractivity contribution in [2.45, 2.75) is 20.0 Å². The maximum atomic E-state index is 8.81. The second-order valence-corrected chi connectivity index (χ2v) is 3.16. The van der Waals surface area contributed by atoms with E-state index in [2.05, 4.69) is 16.9 Å². The van der Waals surface area contributed by atoms with Gasteiger partial charge in [-0.3, -0.25) is 0 Å². The Bertz CT molecular complexity index is 488. The fraction of sp³-hybridized carbons (Fsp3) is 0.300. The van der Waals surface area contributed by atoms with Crippen LogP contribution in [0.25, 0.3) is 0 Å². The van der Waals surface area contributed by atoms with Crippen LogP contribution in [-0.4, -0.2) is 19.1 Å². The smallest absolute Gasteiger partial charge is 0.213 e. The van der Waals surface area contributed by atoms with Gasteiger partial charge in [0.05, 0.1) is 18.6 Å². The first-order chi connectivity index (χ1) is 7.35. The summed E-state index contributed by atoms with van der Waals surface area (Å²) in [6.45, 7) is 3.58. The van der Waals surface area contributed by atoms with Crippen LogP contribution in [0, 0.1) is 11.3 Å². The van der Waals surface area contributed by atoms with Gasteiger partial charge in [0.2, 0.25) is 5.82 Å². The van der Waals surface area contributed by atoms with Gasteiger partial charge >= 0.3 is 0 Å². The molecule has 0 aliphatic heterocycles. The largest absolute Gasteiger partial charge is 0.333 e. The lowest BCUT2D eigenvalue weighted by Crippen LogP contribution is -2.06. The molecule has 0 aliphatic carbocycles. The zero-order chi connectivity index (χ0) is 10.7. The van der Waals surface area contributed by atoms with E-state index in [0.29, 0.717) is 12.4 Å². The summed E-state index contributed by atoms with van der Waals surface area (Å²) >= 11 is 0. The Morgan fingerprint density at radius 2 is 2.33 bits per heavy atom. The average molecular weight is 201 g/mol. The van der Waals surface area contributed by atoms with Crippen LogP contribution >= 0.6 is 0 Å². The van der Waals surface area contributed by atoms with Gasteiger partial charge in [0, 0.05) is 25.1 Å². The van der Waals surface area contributed by atoms with Crippen LogP contribution < -0.4 is 0 Å². The Morgan fingerprint density at radius 1 is 1.47 bits per heavy atom. The first-order valence-corrected chi connectivity index (χ1v) is 4.75. The van der Waals surface area contributed by atoms with Gasteiger partial charge < -0.3 is 9.13 Å². The highest BCUT2D eigenvalue weighted by Gasteiger charge is 2.05. The van der Waals surface area contributed by atoms with E-state index in [1.165, 1.54) is 0 Å². The molecule has 15 heavy (non-hydrogen) atoms. The maximum Gasteiger partial charge on any atom is 0.213 e. The molecule has 0 amide bonds. The molecule has 0 saturated heterocycles. The van der Waals surface area contributed by atoms with E-state index in [1.54, 1.807) is 18.7 Å². The molecular weight excluding hydrogens is 190 g/mol. The highest BCUT2D eigenvalue weighted by molar-refractivity contribution is 5.13. The third kappa shape index (κ3) is 1.74. The van der Waals surface area contributed by atoms with E-state index in [4.69, 9.17) is 5.26 Å². The number of hydrogen-bond acceptors (Lipinski definition) is 3. The molecule has 2 aromatic rings. The maximum absolute atomic E-state index is 8.81. The number of imidazole rings is 2. The summed E-state index contributed by atoms with van der Waals surface area (Å²) in [5.41, 5.74) is 1.08. The molecule has 0 atom stereocenters. The van der Waals surface area contributed by atoms with Crippen molar-refractivity contribution in [3.05, 3.63) is 36.4 Å². The van der Waals surface area contributed by atoms with Gasteiger partial charge in [0.15, 0.2) is 0 Å². The Balaban J connectivity index is 2.26. The number of rotatable bonds is 3. The van der Waals surface area contributed by atoms with E-state index >= 15 is 0 Å². The highest BCUT2D eigenvalue weighted by Crippen LogP contribution is 2.04. The van der Waals surface area contributed by atoms with Crippen molar-refractivity contribution in [2.24, 2.45) is 0 Å². The summed E-state index contributed by atoms with van der Waals surface area (Å²) < 4.78 is 3.85. The summed E-state index contributed by atoms with van der Waals surface area (Å²) in [4.78, 5) is 8.02. The lowest BCUT2D eigenvalue weighted by molar-refractivity contribution is 0.664. The predicted octanol–water partition coefficient (Wildman–Crippen LogP) is 1.02. The summed E-state index contributed by atoms with van der Waals surface area (Å²) in [5, 5.41) is 8.81. The van der Waals surface area contributed by atoms with Gasteiger partial charge in [-0.2, -0.15) is 5.26 Å². The topological polar surface area (TPSA) is 59.4 Å².